The molecular formula is C5H13O2P. The highest BCUT2D eigenvalue weighted by atomic mass is 31.0. The van der Waals surface area contributed by atoms with E-state index >= 15 is 0 Å². The van der Waals surface area contributed by atoms with Gasteiger partial charge in [0.2, 0.25) is 0 Å². The van der Waals surface area contributed by atoms with Gasteiger partial charge in [0.1, 0.15) is 0 Å². The summed E-state index contributed by atoms with van der Waals surface area (Å²) in [6, 6.07) is 0. The third-order valence-electron chi connectivity index (χ3n) is 0.835. The molecule has 0 aromatic heterocycles. The first-order chi connectivity index (χ1) is 3.68. The van der Waals surface area contributed by atoms with Gasteiger partial charge >= 0.3 is 0 Å². The lowest BCUT2D eigenvalue weighted by molar-refractivity contribution is 0.0289. The van der Waals surface area contributed by atoms with Gasteiger partial charge in [0.25, 0.3) is 0 Å². The van der Waals surface area contributed by atoms with E-state index in [-0.39, 0.29) is 11.9 Å². The van der Waals surface area contributed by atoms with E-state index < -0.39 is 0 Å². The molecule has 0 amide bonds. The molecule has 1 N–H and O–H groups in total. The lowest BCUT2D eigenvalue weighted by Gasteiger charge is -2.13. The SMILES string of the molecule is CCOC(P)C(C)O. The highest BCUT2D eigenvalue weighted by molar-refractivity contribution is 7.17. The normalized spacial score (nSPS) is 18.0. The summed E-state index contributed by atoms with van der Waals surface area (Å²) in [7, 11) is 2.42. The van der Waals surface area contributed by atoms with Crippen LogP contribution in [0.2, 0.25) is 0 Å². The Morgan fingerprint density at radius 2 is 2.25 bits per heavy atom. The smallest absolute Gasteiger partial charge is 0.0962 e. The Kier molecular flexibility index (Phi) is 4.44. The van der Waals surface area contributed by atoms with Crippen LogP contribution >= 0.6 is 9.24 Å². The summed E-state index contributed by atoms with van der Waals surface area (Å²) in [5, 5.41) is 8.81. The van der Waals surface area contributed by atoms with Crippen molar-refractivity contribution < 1.29 is 9.84 Å². The molecule has 0 heterocycles. The summed E-state index contributed by atoms with van der Waals surface area (Å²) < 4.78 is 5.02. The number of hydrogen-bond donors (Lipinski definition) is 1. The maximum Gasteiger partial charge on any atom is 0.0962 e. The van der Waals surface area contributed by atoms with Crippen molar-refractivity contribution in [1.29, 1.82) is 0 Å². The first-order valence-corrected chi connectivity index (χ1v) is 3.40. The molecule has 0 aliphatic carbocycles. The fourth-order valence-corrected chi connectivity index (χ4v) is 0.524. The number of aliphatic hydroxyl groups excluding tert-OH is 1. The Labute approximate surface area is 52.4 Å². The topological polar surface area (TPSA) is 29.5 Å². The Morgan fingerprint density at radius 1 is 1.75 bits per heavy atom. The average molecular weight is 136 g/mol. The lowest BCUT2D eigenvalue weighted by atomic mass is 10.4. The van der Waals surface area contributed by atoms with Crippen LogP contribution in [0.4, 0.5) is 0 Å². The van der Waals surface area contributed by atoms with E-state index in [1.807, 2.05) is 6.92 Å². The van der Waals surface area contributed by atoms with E-state index in [1.165, 1.54) is 0 Å². The fourth-order valence-electron chi connectivity index (χ4n) is 0.332. The molecule has 2 nitrogen and oxygen atoms in total. The summed E-state index contributed by atoms with van der Waals surface area (Å²) in [5.41, 5.74) is 0. The minimum atomic E-state index is -0.389. The standard InChI is InChI=1S/C5H13O2P/c1-3-7-5(8)4(2)6/h4-6H,3,8H2,1-2H3. The molecule has 8 heavy (non-hydrogen) atoms. The molecule has 0 aliphatic rings. The van der Waals surface area contributed by atoms with Crippen molar-refractivity contribution in [2.24, 2.45) is 0 Å². The van der Waals surface area contributed by atoms with Gasteiger partial charge in [-0.2, -0.15) is 0 Å². The van der Waals surface area contributed by atoms with Crippen LogP contribution in [0.25, 0.3) is 0 Å². The Morgan fingerprint density at radius 3 is 2.38 bits per heavy atom. The number of hydrogen-bond acceptors (Lipinski definition) is 2. The van der Waals surface area contributed by atoms with E-state index in [0.29, 0.717) is 6.61 Å². The summed E-state index contributed by atoms with van der Waals surface area (Å²) in [6.07, 6.45) is -0.389. The minimum Gasteiger partial charge on any atom is -0.390 e. The second-order valence-electron chi connectivity index (χ2n) is 1.66. The Bertz CT molecular complexity index is 56.4. The Balaban J connectivity index is 3.17. The maximum absolute atomic E-state index is 8.81. The summed E-state index contributed by atoms with van der Waals surface area (Å²) in [4.78, 5) is 0. The van der Waals surface area contributed by atoms with Gasteiger partial charge in [-0.3, -0.25) is 0 Å². The van der Waals surface area contributed by atoms with Crippen molar-refractivity contribution in [3.8, 4) is 0 Å². The van der Waals surface area contributed by atoms with Crippen molar-refractivity contribution >= 4 is 9.24 Å². The van der Waals surface area contributed by atoms with Crippen molar-refractivity contribution in [1.82, 2.24) is 0 Å². The number of ether oxygens (including phenoxy) is 1. The van der Waals surface area contributed by atoms with Crippen LogP contribution in [0, 0.1) is 0 Å². The monoisotopic (exact) mass is 136 g/mol. The molecule has 0 aliphatic heterocycles. The first-order valence-electron chi connectivity index (χ1n) is 2.73. The molecule has 0 aromatic carbocycles. The van der Waals surface area contributed by atoms with E-state index in [2.05, 4.69) is 9.24 Å². The molecule has 0 aromatic rings. The van der Waals surface area contributed by atoms with Crippen molar-refractivity contribution in [3.63, 3.8) is 0 Å². The molecule has 0 saturated heterocycles. The largest absolute Gasteiger partial charge is 0.390 e. The molecule has 3 unspecified atom stereocenters. The van der Waals surface area contributed by atoms with Gasteiger partial charge in [0.15, 0.2) is 0 Å². The molecule has 0 rings (SSSR count). The molecule has 0 radical (unpaired) electrons. The second kappa shape index (κ2) is 4.25. The molecule has 0 bridgehead atoms. The predicted molar refractivity (Wildman–Crippen MR) is 36.8 cm³/mol. The summed E-state index contributed by atoms with van der Waals surface area (Å²) in [5.74, 6) is -0.111. The number of aliphatic hydroxyl groups is 1. The zero-order valence-corrected chi connectivity index (χ0v) is 6.45. The van der Waals surface area contributed by atoms with E-state index in [1.54, 1.807) is 6.92 Å². The maximum atomic E-state index is 8.81. The van der Waals surface area contributed by atoms with Crippen molar-refractivity contribution in [3.05, 3.63) is 0 Å². The van der Waals surface area contributed by atoms with Gasteiger partial charge in [-0.15, -0.1) is 9.24 Å². The zero-order valence-electron chi connectivity index (χ0n) is 5.29. The quantitative estimate of drug-likeness (QED) is 0.576. The molecular weight excluding hydrogens is 123 g/mol. The van der Waals surface area contributed by atoms with Crippen LogP contribution in [0.5, 0.6) is 0 Å². The second-order valence-corrected chi connectivity index (χ2v) is 2.32. The lowest BCUT2D eigenvalue weighted by Crippen LogP contribution is -2.19. The van der Waals surface area contributed by atoms with Gasteiger partial charge in [-0.05, 0) is 13.8 Å². The van der Waals surface area contributed by atoms with Crippen LogP contribution in [-0.4, -0.2) is 23.7 Å². The highest BCUT2D eigenvalue weighted by Gasteiger charge is 2.05. The summed E-state index contributed by atoms with van der Waals surface area (Å²) >= 11 is 0. The van der Waals surface area contributed by atoms with Crippen LogP contribution in [0.1, 0.15) is 13.8 Å². The third-order valence-corrected chi connectivity index (χ3v) is 1.58. The van der Waals surface area contributed by atoms with E-state index in [4.69, 9.17) is 9.84 Å². The van der Waals surface area contributed by atoms with Crippen LogP contribution < -0.4 is 0 Å². The molecule has 0 saturated carbocycles. The van der Waals surface area contributed by atoms with Crippen molar-refractivity contribution in [2.75, 3.05) is 6.61 Å². The van der Waals surface area contributed by atoms with Crippen LogP contribution in [0.15, 0.2) is 0 Å². The van der Waals surface area contributed by atoms with Crippen LogP contribution in [-0.2, 0) is 4.74 Å². The Hall–Kier alpha value is 0.350. The van der Waals surface area contributed by atoms with Gasteiger partial charge in [-0.1, -0.05) is 0 Å². The third kappa shape index (κ3) is 3.36. The van der Waals surface area contributed by atoms with Gasteiger partial charge in [0.05, 0.1) is 11.9 Å². The molecule has 0 fully saturated rings. The van der Waals surface area contributed by atoms with Crippen molar-refractivity contribution in [2.45, 2.75) is 25.8 Å². The predicted octanol–water partition coefficient (Wildman–Crippen LogP) is 0.605. The fraction of sp³-hybridized carbons (Fsp3) is 1.00. The molecule has 50 valence electrons. The average Bonchev–Trinajstić information content (AvgIpc) is 1.67. The van der Waals surface area contributed by atoms with Gasteiger partial charge in [0, 0.05) is 6.61 Å². The highest BCUT2D eigenvalue weighted by Crippen LogP contribution is 2.05. The molecule has 3 atom stereocenters. The molecule has 0 spiro atoms. The van der Waals surface area contributed by atoms with E-state index in [0.717, 1.165) is 0 Å². The summed E-state index contributed by atoms with van der Waals surface area (Å²) in [6.45, 7) is 4.26. The van der Waals surface area contributed by atoms with Gasteiger partial charge in [-0.25, -0.2) is 0 Å². The van der Waals surface area contributed by atoms with Crippen LogP contribution in [0.3, 0.4) is 0 Å². The van der Waals surface area contributed by atoms with E-state index in [9.17, 15) is 0 Å². The molecule has 3 heteroatoms. The first kappa shape index (κ1) is 8.35. The zero-order chi connectivity index (χ0) is 6.57. The van der Waals surface area contributed by atoms with Gasteiger partial charge < -0.3 is 9.84 Å². The number of rotatable bonds is 3. The minimum absolute atomic E-state index is 0.111.